The van der Waals surface area contributed by atoms with Crippen molar-refractivity contribution in [3.63, 3.8) is 0 Å². The smallest absolute Gasteiger partial charge is 0.234 e. The van der Waals surface area contributed by atoms with E-state index in [-0.39, 0.29) is 29.7 Å². The van der Waals surface area contributed by atoms with E-state index in [0.717, 1.165) is 25.9 Å². The van der Waals surface area contributed by atoms with E-state index >= 15 is 4.39 Å². The molecule has 8 heteroatoms. The molecule has 7 rings (SSSR count). The first-order valence-corrected chi connectivity index (χ1v) is 14.3. The molecule has 4 aliphatic rings. The molecule has 208 valence electrons. The molecule has 1 saturated carbocycles. The van der Waals surface area contributed by atoms with Gasteiger partial charge in [-0.1, -0.05) is 30.3 Å². The normalized spacial score (nSPS) is 29.5. The highest BCUT2D eigenvalue weighted by atomic mass is 19.1. The lowest BCUT2D eigenvalue weighted by Gasteiger charge is -2.41. The van der Waals surface area contributed by atoms with Crippen LogP contribution in [0.2, 0.25) is 0 Å². The Morgan fingerprint density at radius 3 is 2.62 bits per heavy atom. The Balaban J connectivity index is 1.09. The van der Waals surface area contributed by atoms with Gasteiger partial charge in [-0.05, 0) is 67.9 Å². The minimum absolute atomic E-state index is 0.110. The SMILES string of the molecule is COC1(c2ccc(CN3CCC4(c5ccc6ncc(C7CCC(=O)NC7=O)cc6c5F)OC4(C)C3)cc2)CCC1. The van der Waals surface area contributed by atoms with Crippen molar-refractivity contribution in [2.75, 3.05) is 20.2 Å². The predicted octanol–water partition coefficient (Wildman–Crippen LogP) is 4.81. The van der Waals surface area contributed by atoms with Crippen molar-refractivity contribution in [3.8, 4) is 0 Å². The Morgan fingerprint density at radius 2 is 1.95 bits per heavy atom. The third kappa shape index (κ3) is 3.91. The summed E-state index contributed by atoms with van der Waals surface area (Å²) in [6, 6.07) is 14.1. The fraction of sp³-hybridized carbons (Fsp3) is 0.469. The molecule has 0 spiro atoms. The van der Waals surface area contributed by atoms with Gasteiger partial charge in [0.05, 0.1) is 17.0 Å². The summed E-state index contributed by atoms with van der Waals surface area (Å²) >= 11 is 0. The lowest BCUT2D eigenvalue weighted by Crippen LogP contribution is -2.44. The second-order valence-corrected chi connectivity index (χ2v) is 12.1. The number of likely N-dealkylation sites (tertiary alicyclic amines) is 1. The van der Waals surface area contributed by atoms with Gasteiger partial charge in [-0.25, -0.2) is 4.39 Å². The number of carbonyl (C=O) groups is 2. The maximum Gasteiger partial charge on any atom is 0.234 e. The molecule has 3 saturated heterocycles. The van der Waals surface area contributed by atoms with Gasteiger partial charge >= 0.3 is 0 Å². The lowest BCUT2D eigenvalue weighted by atomic mass is 9.75. The van der Waals surface area contributed by atoms with Crippen LogP contribution in [-0.2, 0) is 36.8 Å². The zero-order valence-electron chi connectivity index (χ0n) is 23.0. The number of nitrogens with one attached hydrogen (secondary N) is 1. The fourth-order valence-corrected chi connectivity index (χ4v) is 7.24. The number of carbonyl (C=O) groups excluding carboxylic acids is 2. The highest BCUT2D eigenvalue weighted by molar-refractivity contribution is 6.01. The van der Waals surface area contributed by atoms with Gasteiger partial charge < -0.3 is 9.47 Å². The molecule has 3 aliphatic heterocycles. The number of epoxide rings is 1. The van der Waals surface area contributed by atoms with Crippen LogP contribution in [0.15, 0.2) is 48.7 Å². The number of aromatic nitrogens is 1. The van der Waals surface area contributed by atoms with E-state index in [1.807, 2.05) is 12.1 Å². The van der Waals surface area contributed by atoms with Crippen LogP contribution >= 0.6 is 0 Å². The van der Waals surface area contributed by atoms with Crippen LogP contribution in [-0.4, -0.2) is 47.5 Å². The average molecular weight is 544 g/mol. The zero-order chi connectivity index (χ0) is 27.7. The molecule has 1 aromatic heterocycles. The number of fused-ring (bicyclic) bond motifs is 2. The second-order valence-electron chi connectivity index (χ2n) is 12.1. The molecular formula is C32H34FN3O4. The van der Waals surface area contributed by atoms with Gasteiger partial charge in [-0.15, -0.1) is 0 Å². The van der Waals surface area contributed by atoms with Crippen LogP contribution in [0.25, 0.3) is 10.9 Å². The number of halogens is 1. The second kappa shape index (κ2) is 9.16. The Labute approximate surface area is 233 Å². The number of rotatable bonds is 6. The molecule has 3 aromatic rings. The van der Waals surface area contributed by atoms with Crippen molar-refractivity contribution in [2.24, 2.45) is 0 Å². The van der Waals surface area contributed by atoms with Gasteiger partial charge in [0.25, 0.3) is 0 Å². The van der Waals surface area contributed by atoms with Crippen LogP contribution in [0.5, 0.6) is 0 Å². The maximum absolute atomic E-state index is 16.1. The van der Waals surface area contributed by atoms with Gasteiger partial charge in [0.15, 0.2) is 0 Å². The highest BCUT2D eigenvalue weighted by Gasteiger charge is 2.70. The molecule has 4 fully saturated rings. The van der Waals surface area contributed by atoms with Crippen molar-refractivity contribution in [2.45, 2.75) is 74.7 Å². The molecule has 3 unspecified atom stereocenters. The van der Waals surface area contributed by atoms with E-state index in [1.54, 1.807) is 19.4 Å². The van der Waals surface area contributed by atoms with Crippen LogP contribution in [0, 0.1) is 5.82 Å². The number of pyridine rings is 1. The van der Waals surface area contributed by atoms with E-state index in [4.69, 9.17) is 9.47 Å². The number of methoxy groups -OCH3 is 1. The third-order valence-electron chi connectivity index (χ3n) is 9.85. The number of amides is 2. The molecule has 4 heterocycles. The van der Waals surface area contributed by atoms with Gasteiger partial charge in [0.1, 0.15) is 17.0 Å². The van der Waals surface area contributed by atoms with Crippen molar-refractivity contribution >= 4 is 22.7 Å². The van der Waals surface area contributed by atoms with Crippen molar-refractivity contribution < 1.29 is 23.5 Å². The first kappa shape index (κ1) is 25.7. The first-order valence-electron chi connectivity index (χ1n) is 14.3. The number of imide groups is 1. The van der Waals surface area contributed by atoms with Crippen LogP contribution in [0.1, 0.15) is 73.6 Å². The fourth-order valence-electron chi connectivity index (χ4n) is 7.24. The molecule has 0 radical (unpaired) electrons. The number of nitrogens with zero attached hydrogens (tertiary/aromatic N) is 2. The summed E-state index contributed by atoms with van der Waals surface area (Å²) in [5.41, 5.74) is 2.94. The maximum atomic E-state index is 16.1. The quantitative estimate of drug-likeness (QED) is 0.355. The van der Waals surface area contributed by atoms with E-state index < -0.39 is 17.1 Å². The van der Waals surface area contributed by atoms with E-state index in [2.05, 4.69) is 46.4 Å². The van der Waals surface area contributed by atoms with E-state index in [1.165, 1.54) is 17.5 Å². The topological polar surface area (TPSA) is 84.1 Å². The lowest BCUT2D eigenvalue weighted by molar-refractivity contribution is -0.134. The zero-order valence-corrected chi connectivity index (χ0v) is 23.0. The van der Waals surface area contributed by atoms with E-state index in [9.17, 15) is 9.59 Å². The molecule has 3 atom stereocenters. The minimum Gasteiger partial charge on any atom is -0.374 e. The van der Waals surface area contributed by atoms with Gasteiger partial charge in [-0.3, -0.25) is 24.8 Å². The monoisotopic (exact) mass is 543 g/mol. The van der Waals surface area contributed by atoms with Crippen LogP contribution in [0.4, 0.5) is 4.39 Å². The Morgan fingerprint density at radius 1 is 1.15 bits per heavy atom. The summed E-state index contributed by atoms with van der Waals surface area (Å²) in [4.78, 5) is 30.8. The Bertz CT molecular complexity index is 1520. The molecule has 2 aromatic carbocycles. The number of benzene rings is 2. The molecule has 2 amide bonds. The van der Waals surface area contributed by atoms with Crippen molar-refractivity contribution in [3.05, 3.63) is 76.7 Å². The third-order valence-corrected chi connectivity index (χ3v) is 9.85. The first-order chi connectivity index (χ1) is 19.3. The molecule has 7 nitrogen and oxygen atoms in total. The summed E-state index contributed by atoms with van der Waals surface area (Å²) < 4.78 is 28.4. The molecular weight excluding hydrogens is 509 g/mol. The minimum atomic E-state index is -0.675. The average Bonchev–Trinajstić information content (AvgIpc) is 3.55. The van der Waals surface area contributed by atoms with E-state index in [0.29, 0.717) is 41.4 Å². The largest absolute Gasteiger partial charge is 0.374 e. The summed E-state index contributed by atoms with van der Waals surface area (Å²) in [6.07, 6.45) is 6.33. The van der Waals surface area contributed by atoms with Crippen LogP contribution < -0.4 is 5.32 Å². The Hall–Kier alpha value is -3.20. The Kier molecular flexibility index (Phi) is 5.90. The summed E-state index contributed by atoms with van der Waals surface area (Å²) in [7, 11) is 1.80. The predicted molar refractivity (Wildman–Crippen MR) is 147 cm³/mol. The summed E-state index contributed by atoms with van der Waals surface area (Å²) in [5.74, 6) is -1.47. The summed E-state index contributed by atoms with van der Waals surface area (Å²) in [5, 5.41) is 2.76. The highest BCUT2D eigenvalue weighted by Crippen LogP contribution is 2.61. The van der Waals surface area contributed by atoms with Crippen molar-refractivity contribution in [1.82, 2.24) is 15.2 Å². The van der Waals surface area contributed by atoms with Gasteiger partial charge in [0.2, 0.25) is 11.8 Å². The molecule has 0 bridgehead atoms. The van der Waals surface area contributed by atoms with Crippen LogP contribution in [0.3, 0.4) is 0 Å². The van der Waals surface area contributed by atoms with Gasteiger partial charge in [0, 0.05) is 50.3 Å². The number of ether oxygens (including phenoxy) is 2. The molecule has 1 N–H and O–H groups in total. The molecule has 1 aliphatic carbocycles. The molecule has 40 heavy (non-hydrogen) atoms. The standard InChI is InChI=1S/C32H34FN3O4/c1-30-19-36(18-20-4-6-22(7-5-20)31(39-2)12-3-13-31)15-14-32(30,40-30)25-9-10-26-24(28(25)33)16-21(17-34-26)23-8-11-27(37)35-29(23)38/h4-7,9-10,16-17,23H,3,8,11-15,18-19H2,1-2H3,(H,35,37,38). The summed E-state index contributed by atoms with van der Waals surface area (Å²) in [6.45, 7) is 4.39. The number of hydrogen-bond acceptors (Lipinski definition) is 6. The van der Waals surface area contributed by atoms with Gasteiger partial charge in [-0.2, -0.15) is 0 Å². The number of hydrogen-bond donors (Lipinski definition) is 1. The van der Waals surface area contributed by atoms with Crippen molar-refractivity contribution in [1.29, 1.82) is 0 Å². The number of piperidine rings is 2.